The molecule has 1 aliphatic carbocycles. The number of aliphatic carboxylic acids is 1. The summed E-state index contributed by atoms with van der Waals surface area (Å²) in [7, 11) is 0. The fourth-order valence-electron chi connectivity index (χ4n) is 5.02. The summed E-state index contributed by atoms with van der Waals surface area (Å²) in [5.41, 5.74) is 4.65. The number of imidazole rings is 1. The van der Waals surface area contributed by atoms with E-state index in [1.807, 2.05) is 37.3 Å². The minimum atomic E-state index is -1.14. The maximum absolute atomic E-state index is 13.4. The third-order valence-corrected chi connectivity index (χ3v) is 7.24. The number of hydrogen-bond donors (Lipinski definition) is 3. The van der Waals surface area contributed by atoms with Gasteiger partial charge in [0.2, 0.25) is 5.91 Å². The second kappa shape index (κ2) is 11.3. The molecule has 0 saturated heterocycles. The molecule has 6 nitrogen and oxygen atoms in total. The van der Waals surface area contributed by atoms with Crippen molar-refractivity contribution in [3.05, 3.63) is 106 Å². The molecule has 1 atom stereocenters. The molecule has 0 radical (unpaired) electrons. The molecule has 8 heteroatoms. The number of halogens is 2. The molecule has 1 unspecified atom stereocenters. The van der Waals surface area contributed by atoms with E-state index in [9.17, 15) is 19.1 Å². The van der Waals surface area contributed by atoms with E-state index in [2.05, 4.69) is 15.3 Å². The SMILES string of the molecule is CCCC(NC(=O)C1=CC(C(=O)O)=C(c2c(Cl)cccc2-c2nc3ccccc3[nH]2)CC1)c1ccc(F)cc1. The van der Waals surface area contributed by atoms with Gasteiger partial charge in [-0.3, -0.25) is 4.79 Å². The first kappa shape index (κ1) is 26.4. The number of carboxylic acids is 1. The highest BCUT2D eigenvalue weighted by atomic mass is 35.5. The molecule has 1 amide bonds. The first-order valence-electron chi connectivity index (χ1n) is 12.8. The standard InChI is InChI=1S/C31H27ClFN3O3/c1-2-6-25(18-11-14-20(33)15-12-18)36-30(37)19-13-16-21(23(17-19)31(38)39)28-22(7-5-8-24(28)32)29-34-26-9-3-4-10-27(26)35-29/h3-5,7-12,14-15,17,25H,2,6,13,16H2,1H3,(H,34,35)(H,36,37)(H,38,39). The van der Waals surface area contributed by atoms with Gasteiger partial charge in [-0.2, -0.15) is 0 Å². The van der Waals surface area contributed by atoms with Crippen LogP contribution in [0.15, 0.2) is 84.0 Å². The number of carbonyl (C=O) groups is 2. The first-order chi connectivity index (χ1) is 18.9. The average Bonchev–Trinajstić information content (AvgIpc) is 3.37. The zero-order valence-corrected chi connectivity index (χ0v) is 22.1. The zero-order valence-electron chi connectivity index (χ0n) is 21.3. The van der Waals surface area contributed by atoms with Gasteiger partial charge in [-0.1, -0.05) is 61.3 Å². The number of allylic oxidation sites excluding steroid dienone is 1. The van der Waals surface area contributed by atoms with Gasteiger partial charge in [0.05, 0.1) is 22.6 Å². The predicted octanol–water partition coefficient (Wildman–Crippen LogP) is 7.24. The Morgan fingerprint density at radius 3 is 2.56 bits per heavy atom. The highest BCUT2D eigenvalue weighted by Gasteiger charge is 2.27. The van der Waals surface area contributed by atoms with Crippen LogP contribution in [0.2, 0.25) is 5.02 Å². The van der Waals surface area contributed by atoms with Crippen molar-refractivity contribution in [1.82, 2.24) is 15.3 Å². The molecule has 4 aromatic rings. The van der Waals surface area contributed by atoms with Crippen molar-refractivity contribution >= 4 is 40.1 Å². The maximum Gasteiger partial charge on any atom is 0.335 e. The summed E-state index contributed by atoms with van der Waals surface area (Å²) in [6.45, 7) is 2.00. The van der Waals surface area contributed by atoms with Crippen LogP contribution < -0.4 is 5.32 Å². The Morgan fingerprint density at radius 2 is 1.85 bits per heavy atom. The normalized spacial score (nSPS) is 14.3. The summed E-state index contributed by atoms with van der Waals surface area (Å²) in [6, 6.07) is 18.7. The molecule has 0 saturated carbocycles. The number of fused-ring (bicyclic) bond motifs is 1. The number of amides is 1. The van der Waals surface area contributed by atoms with Gasteiger partial charge >= 0.3 is 5.97 Å². The van der Waals surface area contributed by atoms with E-state index in [0.29, 0.717) is 52.4 Å². The largest absolute Gasteiger partial charge is 0.478 e. The van der Waals surface area contributed by atoms with E-state index in [1.54, 1.807) is 24.3 Å². The molecular formula is C31H27ClFN3O3. The van der Waals surface area contributed by atoms with Gasteiger partial charge in [0.15, 0.2) is 0 Å². The lowest BCUT2D eigenvalue weighted by Gasteiger charge is -2.23. The van der Waals surface area contributed by atoms with Crippen molar-refractivity contribution in [2.24, 2.45) is 0 Å². The van der Waals surface area contributed by atoms with Crippen LogP contribution in [0.1, 0.15) is 49.8 Å². The number of benzene rings is 3. The van der Waals surface area contributed by atoms with E-state index in [4.69, 9.17) is 11.6 Å². The Hall–Kier alpha value is -4.23. The lowest BCUT2D eigenvalue weighted by atomic mass is 9.85. The van der Waals surface area contributed by atoms with Crippen LogP contribution in [0.4, 0.5) is 4.39 Å². The molecule has 0 aliphatic heterocycles. The van der Waals surface area contributed by atoms with Gasteiger partial charge in [0.1, 0.15) is 11.6 Å². The number of rotatable bonds is 8. The molecule has 198 valence electrons. The fraction of sp³-hybridized carbons (Fsp3) is 0.194. The van der Waals surface area contributed by atoms with Crippen molar-refractivity contribution in [3.63, 3.8) is 0 Å². The van der Waals surface area contributed by atoms with Crippen molar-refractivity contribution in [2.45, 2.75) is 38.6 Å². The van der Waals surface area contributed by atoms with Crippen LogP contribution in [-0.2, 0) is 9.59 Å². The van der Waals surface area contributed by atoms with Gasteiger partial charge in [-0.15, -0.1) is 0 Å². The molecule has 5 rings (SSSR count). The molecule has 0 spiro atoms. The monoisotopic (exact) mass is 543 g/mol. The number of carbonyl (C=O) groups excluding carboxylic acids is 1. The fourth-order valence-corrected chi connectivity index (χ4v) is 5.31. The molecule has 0 bridgehead atoms. The van der Waals surface area contributed by atoms with Gasteiger partial charge in [-0.25, -0.2) is 14.2 Å². The topological polar surface area (TPSA) is 95.1 Å². The summed E-state index contributed by atoms with van der Waals surface area (Å²) in [5, 5.41) is 13.6. The predicted molar refractivity (Wildman–Crippen MR) is 151 cm³/mol. The zero-order chi connectivity index (χ0) is 27.5. The summed E-state index contributed by atoms with van der Waals surface area (Å²) in [4.78, 5) is 33.7. The van der Waals surface area contributed by atoms with Crippen LogP contribution in [0.3, 0.4) is 0 Å². The number of nitrogens with zero attached hydrogens (tertiary/aromatic N) is 1. The smallest absolute Gasteiger partial charge is 0.335 e. The van der Waals surface area contributed by atoms with Crippen LogP contribution in [0.25, 0.3) is 28.0 Å². The molecule has 0 fully saturated rings. The highest BCUT2D eigenvalue weighted by Crippen LogP contribution is 2.41. The molecule has 3 aromatic carbocycles. The number of hydrogen-bond acceptors (Lipinski definition) is 3. The Balaban J connectivity index is 1.52. The van der Waals surface area contributed by atoms with Gasteiger partial charge in [-0.05, 0) is 66.8 Å². The number of carboxylic acid groups (broad SMARTS) is 1. The Morgan fingerprint density at radius 1 is 1.08 bits per heavy atom. The molecule has 1 aliphatic rings. The summed E-state index contributed by atoms with van der Waals surface area (Å²) in [6.07, 6.45) is 3.56. The van der Waals surface area contributed by atoms with Crippen LogP contribution in [-0.4, -0.2) is 27.0 Å². The van der Waals surface area contributed by atoms with Gasteiger partial charge in [0, 0.05) is 21.7 Å². The highest BCUT2D eigenvalue weighted by molar-refractivity contribution is 6.33. The Bertz CT molecular complexity index is 1590. The number of H-pyrrole nitrogens is 1. The molecule has 3 N–H and O–H groups in total. The van der Waals surface area contributed by atoms with Gasteiger partial charge < -0.3 is 15.4 Å². The summed E-state index contributed by atoms with van der Waals surface area (Å²) < 4.78 is 13.4. The quantitative estimate of drug-likeness (QED) is 0.218. The number of aromatic nitrogens is 2. The summed E-state index contributed by atoms with van der Waals surface area (Å²) in [5.74, 6) is -1.25. The van der Waals surface area contributed by atoms with Crippen LogP contribution in [0.5, 0.6) is 0 Å². The van der Waals surface area contributed by atoms with Crippen molar-refractivity contribution in [1.29, 1.82) is 0 Å². The second-order valence-electron chi connectivity index (χ2n) is 9.50. The lowest BCUT2D eigenvalue weighted by molar-refractivity contribution is -0.132. The molecule has 1 heterocycles. The average molecular weight is 544 g/mol. The first-order valence-corrected chi connectivity index (χ1v) is 13.2. The van der Waals surface area contributed by atoms with E-state index in [1.165, 1.54) is 18.2 Å². The minimum absolute atomic E-state index is 0.0192. The van der Waals surface area contributed by atoms with Gasteiger partial charge in [0.25, 0.3) is 0 Å². The minimum Gasteiger partial charge on any atom is -0.478 e. The summed E-state index contributed by atoms with van der Waals surface area (Å²) >= 11 is 6.67. The Kier molecular flexibility index (Phi) is 7.61. The number of para-hydroxylation sites is 2. The van der Waals surface area contributed by atoms with E-state index in [0.717, 1.165) is 23.0 Å². The second-order valence-corrected chi connectivity index (χ2v) is 9.91. The third kappa shape index (κ3) is 5.49. The number of aromatic amines is 1. The van der Waals surface area contributed by atoms with Crippen LogP contribution >= 0.6 is 11.6 Å². The Labute approximate surface area is 230 Å². The van der Waals surface area contributed by atoms with E-state index < -0.39 is 5.97 Å². The maximum atomic E-state index is 13.4. The van der Waals surface area contributed by atoms with Crippen molar-refractivity contribution in [3.8, 4) is 11.4 Å². The molecular weight excluding hydrogens is 517 g/mol. The van der Waals surface area contributed by atoms with E-state index in [-0.39, 0.29) is 23.3 Å². The molecule has 1 aromatic heterocycles. The van der Waals surface area contributed by atoms with Crippen LogP contribution in [0, 0.1) is 5.82 Å². The lowest BCUT2D eigenvalue weighted by Crippen LogP contribution is -2.30. The number of nitrogens with one attached hydrogen (secondary N) is 2. The third-order valence-electron chi connectivity index (χ3n) is 6.93. The molecule has 39 heavy (non-hydrogen) atoms. The van der Waals surface area contributed by atoms with Crippen molar-refractivity contribution in [2.75, 3.05) is 0 Å². The van der Waals surface area contributed by atoms with E-state index >= 15 is 0 Å². The van der Waals surface area contributed by atoms with Crippen molar-refractivity contribution < 1.29 is 19.1 Å².